The number of aromatic nitrogens is 1. The predicted octanol–water partition coefficient (Wildman–Crippen LogP) is 1.66. The minimum atomic E-state index is 0.128. The Morgan fingerprint density at radius 2 is 2.31 bits per heavy atom. The molecule has 1 saturated carbocycles. The molecule has 2 heterocycles. The number of nitrogens with zero attached hydrogens (tertiary/aromatic N) is 1. The van der Waals surface area contributed by atoms with Gasteiger partial charge in [-0.05, 0) is 18.8 Å². The lowest BCUT2D eigenvalue weighted by molar-refractivity contribution is 0.112. The zero-order valence-corrected chi connectivity index (χ0v) is 6.78. The van der Waals surface area contributed by atoms with Crippen LogP contribution >= 0.6 is 0 Å². The monoisotopic (exact) mass is 177 g/mol. The summed E-state index contributed by atoms with van der Waals surface area (Å²) in [7, 11) is 0. The number of hydrogen-bond acceptors (Lipinski definition) is 4. The lowest BCUT2D eigenvalue weighted by Gasteiger charge is -1.95. The number of hydrogen-bond donors (Lipinski definition) is 1. The first-order chi connectivity index (χ1) is 6.31. The first-order valence-corrected chi connectivity index (χ1v) is 4.21. The molecule has 2 aromatic rings. The standard InChI is InChI=1S/C9H7NO3/c11-3-5-8-6(4-1-2-4)7(12)9(10-5)13-8/h3-4,12H,1-2H2. The van der Waals surface area contributed by atoms with E-state index in [0.29, 0.717) is 23.5 Å². The van der Waals surface area contributed by atoms with Crippen molar-refractivity contribution in [2.45, 2.75) is 18.8 Å². The largest absolute Gasteiger partial charge is 0.503 e. The van der Waals surface area contributed by atoms with Crippen LogP contribution in [0.3, 0.4) is 0 Å². The van der Waals surface area contributed by atoms with E-state index in [1.165, 1.54) is 0 Å². The molecule has 0 unspecified atom stereocenters. The van der Waals surface area contributed by atoms with Crippen molar-refractivity contribution in [1.29, 1.82) is 0 Å². The molecule has 4 nitrogen and oxygen atoms in total. The van der Waals surface area contributed by atoms with Gasteiger partial charge in [0.25, 0.3) is 5.71 Å². The normalized spacial score (nSPS) is 16.9. The van der Waals surface area contributed by atoms with Crippen LogP contribution in [-0.2, 0) is 0 Å². The molecule has 0 aromatic carbocycles. The number of carbonyl (C=O) groups excluding carboxylic acids is 1. The Bertz CT molecular complexity index is 470. The summed E-state index contributed by atoms with van der Waals surface area (Å²) in [5, 5.41) is 9.58. The molecular formula is C9H7NO3. The van der Waals surface area contributed by atoms with Crippen LogP contribution in [0.1, 0.15) is 34.8 Å². The molecule has 66 valence electrons. The van der Waals surface area contributed by atoms with E-state index in [1.807, 2.05) is 0 Å². The van der Waals surface area contributed by atoms with E-state index in [-0.39, 0.29) is 11.5 Å². The summed E-state index contributed by atoms with van der Waals surface area (Å²) in [6.07, 6.45) is 2.79. The topological polar surface area (TPSA) is 63.3 Å². The second kappa shape index (κ2) is 2.02. The van der Waals surface area contributed by atoms with Gasteiger partial charge < -0.3 is 9.52 Å². The van der Waals surface area contributed by atoms with Gasteiger partial charge in [0.2, 0.25) is 0 Å². The third-order valence-electron chi connectivity index (χ3n) is 2.45. The molecule has 1 aliphatic carbocycles. The highest BCUT2D eigenvalue weighted by molar-refractivity contribution is 5.90. The van der Waals surface area contributed by atoms with Crippen LogP contribution in [0, 0.1) is 0 Å². The van der Waals surface area contributed by atoms with Crippen LogP contribution in [-0.4, -0.2) is 16.4 Å². The van der Waals surface area contributed by atoms with E-state index in [1.54, 1.807) is 0 Å². The fourth-order valence-electron chi connectivity index (χ4n) is 1.68. The molecule has 3 rings (SSSR count). The Labute approximate surface area is 73.5 Å². The molecule has 2 bridgehead atoms. The second-order valence-electron chi connectivity index (χ2n) is 3.39. The second-order valence-corrected chi connectivity index (χ2v) is 3.39. The van der Waals surface area contributed by atoms with Gasteiger partial charge in [-0.1, -0.05) is 0 Å². The molecule has 0 saturated heterocycles. The Morgan fingerprint density at radius 3 is 2.85 bits per heavy atom. The van der Waals surface area contributed by atoms with Gasteiger partial charge in [-0.25, -0.2) is 4.98 Å². The number of furan rings is 1. The Balaban J connectivity index is 2.31. The van der Waals surface area contributed by atoms with Gasteiger partial charge in [0, 0.05) is 5.56 Å². The van der Waals surface area contributed by atoms with Gasteiger partial charge >= 0.3 is 0 Å². The number of aromatic hydroxyl groups is 1. The summed E-state index contributed by atoms with van der Waals surface area (Å²) in [6, 6.07) is 0. The summed E-state index contributed by atoms with van der Waals surface area (Å²) in [5.41, 5.74) is 1.77. The zero-order valence-electron chi connectivity index (χ0n) is 6.78. The van der Waals surface area contributed by atoms with Crippen molar-refractivity contribution >= 4 is 17.6 Å². The molecule has 0 aliphatic heterocycles. The SMILES string of the molecule is O=Cc1nc2oc1c(C1CC1)c2O. The maximum Gasteiger partial charge on any atom is 0.263 e. The highest BCUT2D eigenvalue weighted by atomic mass is 16.4. The van der Waals surface area contributed by atoms with Crippen molar-refractivity contribution in [3.63, 3.8) is 0 Å². The Kier molecular flexibility index (Phi) is 1.07. The smallest absolute Gasteiger partial charge is 0.263 e. The molecule has 4 heteroatoms. The Hall–Kier alpha value is -1.58. The van der Waals surface area contributed by atoms with E-state index < -0.39 is 0 Å². The average Bonchev–Trinajstić information content (AvgIpc) is 2.79. The van der Waals surface area contributed by atoms with Crippen LogP contribution in [0.15, 0.2) is 4.42 Å². The maximum atomic E-state index is 10.5. The maximum absolute atomic E-state index is 10.5. The minimum absolute atomic E-state index is 0.128. The van der Waals surface area contributed by atoms with Gasteiger partial charge in [0.05, 0.1) is 0 Å². The third-order valence-corrected chi connectivity index (χ3v) is 2.45. The zero-order chi connectivity index (χ0) is 9.00. The lowest BCUT2D eigenvalue weighted by Crippen LogP contribution is -1.87. The van der Waals surface area contributed by atoms with Crippen LogP contribution < -0.4 is 0 Å². The average molecular weight is 177 g/mol. The predicted molar refractivity (Wildman–Crippen MR) is 44.2 cm³/mol. The fraction of sp³-hybridized carbons (Fsp3) is 0.333. The first kappa shape index (κ1) is 6.88. The van der Waals surface area contributed by atoms with Crippen LogP contribution in [0.25, 0.3) is 11.3 Å². The molecule has 0 spiro atoms. The summed E-state index contributed by atoms with van der Waals surface area (Å²) in [4.78, 5) is 14.4. The van der Waals surface area contributed by atoms with Gasteiger partial charge in [-0.15, -0.1) is 0 Å². The minimum Gasteiger partial charge on any atom is -0.503 e. The lowest BCUT2D eigenvalue weighted by atomic mass is 10.1. The van der Waals surface area contributed by atoms with Crippen molar-refractivity contribution < 1.29 is 14.3 Å². The number of oxazole rings is 1. The molecule has 1 aliphatic rings. The van der Waals surface area contributed by atoms with E-state index in [9.17, 15) is 9.90 Å². The molecule has 2 aromatic heterocycles. The number of rotatable bonds is 2. The van der Waals surface area contributed by atoms with Gasteiger partial charge in [0.1, 0.15) is 5.69 Å². The highest BCUT2D eigenvalue weighted by Gasteiger charge is 2.34. The van der Waals surface area contributed by atoms with E-state index in [2.05, 4.69) is 4.98 Å². The molecule has 1 N–H and O–H groups in total. The van der Waals surface area contributed by atoms with Crippen LogP contribution in [0.5, 0.6) is 5.75 Å². The van der Waals surface area contributed by atoms with Gasteiger partial charge in [-0.3, -0.25) is 4.79 Å². The Morgan fingerprint density at radius 1 is 1.54 bits per heavy atom. The van der Waals surface area contributed by atoms with Crippen molar-refractivity contribution in [3.05, 3.63) is 11.3 Å². The van der Waals surface area contributed by atoms with Crippen molar-refractivity contribution in [1.82, 2.24) is 4.98 Å². The first-order valence-electron chi connectivity index (χ1n) is 4.21. The van der Waals surface area contributed by atoms with Crippen molar-refractivity contribution in [3.8, 4) is 5.75 Å². The van der Waals surface area contributed by atoms with Crippen molar-refractivity contribution in [2.24, 2.45) is 0 Å². The molecular weight excluding hydrogens is 170 g/mol. The third kappa shape index (κ3) is 0.748. The van der Waals surface area contributed by atoms with Crippen LogP contribution in [0.4, 0.5) is 0 Å². The van der Waals surface area contributed by atoms with Gasteiger partial charge in [-0.2, -0.15) is 0 Å². The highest BCUT2D eigenvalue weighted by Crippen LogP contribution is 2.50. The van der Waals surface area contributed by atoms with E-state index in [0.717, 1.165) is 18.4 Å². The molecule has 0 radical (unpaired) electrons. The summed E-state index contributed by atoms with van der Waals surface area (Å²) in [6.45, 7) is 0. The number of carbonyl (C=O) groups is 1. The van der Waals surface area contributed by atoms with Crippen molar-refractivity contribution in [2.75, 3.05) is 0 Å². The number of aldehydes is 1. The molecule has 13 heavy (non-hydrogen) atoms. The quantitative estimate of drug-likeness (QED) is 0.708. The summed E-state index contributed by atoms with van der Waals surface area (Å²) in [5.74, 6) is 0.501. The van der Waals surface area contributed by atoms with E-state index >= 15 is 0 Å². The summed E-state index contributed by atoms with van der Waals surface area (Å²) >= 11 is 0. The number of pyridine rings is 1. The fourth-order valence-corrected chi connectivity index (χ4v) is 1.68. The van der Waals surface area contributed by atoms with E-state index in [4.69, 9.17) is 4.42 Å². The molecule has 1 fully saturated rings. The summed E-state index contributed by atoms with van der Waals surface area (Å²) < 4.78 is 5.18. The molecule has 0 atom stereocenters. The van der Waals surface area contributed by atoms with Crippen LogP contribution in [0.2, 0.25) is 0 Å². The van der Waals surface area contributed by atoms with Gasteiger partial charge in [0.15, 0.2) is 17.6 Å². The number of fused-ring (bicyclic) bond motifs is 2. The molecule has 0 amide bonds.